The zero-order chi connectivity index (χ0) is 41.8. The minimum absolute atomic E-state index is 0.0202. The fraction of sp³-hybridized carbons (Fsp3) is 0.955. The lowest BCUT2D eigenvalue weighted by atomic mass is 10.2. The van der Waals surface area contributed by atoms with Gasteiger partial charge in [-0.3, -0.25) is 9.69 Å². The van der Waals surface area contributed by atoms with Crippen molar-refractivity contribution in [3.63, 3.8) is 0 Å². The summed E-state index contributed by atoms with van der Waals surface area (Å²) in [5.41, 5.74) is 0. The Kier molecular flexibility index (Phi) is 128. The van der Waals surface area contributed by atoms with Gasteiger partial charge in [0.05, 0.1) is 6.61 Å². The van der Waals surface area contributed by atoms with Crippen molar-refractivity contribution in [3.8, 4) is 0 Å². The van der Waals surface area contributed by atoms with E-state index >= 15 is 0 Å². The van der Waals surface area contributed by atoms with Crippen LogP contribution in [-0.4, -0.2) is 65.0 Å². The number of nitrogens with one attached hydrogen (secondary N) is 2. The molecular weight excluding hydrogens is 635 g/mol. The van der Waals surface area contributed by atoms with Gasteiger partial charge in [0.2, 0.25) is 5.91 Å². The Morgan fingerprint density at radius 1 is 0.490 bits per heavy atom. The predicted octanol–water partition coefficient (Wildman–Crippen LogP) is 14.6. The van der Waals surface area contributed by atoms with Crippen LogP contribution in [0.15, 0.2) is 0 Å². The molecule has 7 heteroatoms. The van der Waals surface area contributed by atoms with Gasteiger partial charge >= 0.3 is 6.16 Å². The summed E-state index contributed by atoms with van der Waals surface area (Å²) in [5.74, 6) is 0.0202. The largest absolute Gasteiger partial charge is 0.509 e. The maximum Gasteiger partial charge on any atom is 0.509 e. The minimum atomic E-state index is -0.622. The van der Waals surface area contributed by atoms with Gasteiger partial charge in [0, 0.05) is 20.0 Å². The molecule has 0 saturated heterocycles. The molecule has 0 bridgehead atoms. The zero-order valence-corrected chi connectivity index (χ0v) is 39.3. The van der Waals surface area contributed by atoms with Gasteiger partial charge < -0.3 is 20.1 Å². The Balaban J connectivity index is -0.0000000687. The monoisotopic (exact) mass is 740 g/mol. The summed E-state index contributed by atoms with van der Waals surface area (Å²) in [4.78, 5) is 24.2. The maximum absolute atomic E-state index is 11.3. The smallest absolute Gasteiger partial charge is 0.434 e. The second-order valence-electron chi connectivity index (χ2n) is 11.5. The molecule has 0 atom stereocenters. The molecule has 0 radical (unpaired) electrons. The summed E-state index contributed by atoms with van der Waals surface area (Å²) in [6.45, 7) is 33.1. The Labute approximate surface area is 326 Å². The number of nitrogens with zero attached hydrogens (tertiary/aromatic N) is 1. The molecule has 1 amide bonds. The van der Waals surface area contributed by atoms with E-state index < -0.39 is 6.16 Å². The van der Waals surface area contributed by atoms with Crippen LogP contribution in [0.25, 0.3) is 0 Å². The number of amides is 1. The molecule has 0 spiro atoms. The molecule has 0 aromatic rings. The van der Waals surface area contributed by atoms with Gasteiger partial charge in [0.25, 0.3) is 0 Å². The number of carbonyl (C=O) groups excluding carboxylic acids is 2. The number of hydrogen-bond donors (Lipinski definition) is 2. The fourth-order valence-electron chi connectivity index (χ4n) is 3.30. The molecule has 0 rings (SSSR count). The van der Waals surface area contributed by atoms with E-state index in [-0.39, 0.29) is 12.6 Å². The second-order valence-corrected chi connectivity index (χ2v) is 11.5. The fourth-order valence-corrected chi connectivity index (χ4v) is 3.30. The first-order valence-corrected chi connectivity index (χ1v) is 21.9. The Bertz CT molecular complexity index is 469. The molecule has 0 aliphatic rings. The summed E-state index contributed by atoms with van der Waals surface area (Å²) in [7, 11) is 7.20. The van der Waals surface area contributed by atoms with E-state index in [9.17, 15) is 9.59 Å². The molecule has 320 valence electrons. The van der Waals surface area contributed by atoms with Crippen LogP contribution >= 0.6 is 0 Å². The molecular formula is C44H105N3O4. The minimum Gasteiger partial charge on any atom is -0.434 e. The average molecular weight is 740 g/mol. The number of carbonyl (C=O) groups is 2. The van der Waals surface area contributed by atoms with Crippen LogP contribution in [0.2, 0.25) is 0 Å². The highest BCUT2D eigenvalue weighted by Crippen LogP contribution is 2.03. The highest BCUT2D eigenvalue weighted by molar-refractivity contribution is 5.75. The first-order chi connectivity index (χ1) is 24.7. The normalized spacial score (nSPS) is 8.55. The standard InChI is InChI=1S/C15H30N2O4.C7H16.C6H14.C5H12.C3H8.C2H7N.3C2H6/c1-4-5-6-7-8-12-20-15(19)21-13-17(3)11-9-10-14(18)16-2;1-3-5-7-6-4-2;1-3-5-6-4-2;1-3-5-4-2;2*1-3-2;3*1-2/h4-13H2,1-3H3,(H,16,18);3-7H2,1-2H3;3-6H2,1-2H3;3-5H2,1-2H3;3H2,1-2H3;3H,1-2H3;3*1-2H3. The lowest BCUT2D eigenvalue weighted by molar-refractivity contribution is -0.120. The summed E-state index contributed by atoms with van der Waals surface area (Å²) in [6, 6.07) is 0. The average Bonchev–Trinajstić information content (AvgIpc) is 3.15. The van der Waals surface area contributed by atoms with Gasteiger partial charge in [-0.15, -0.1) is 0 Å². The van der Waals surface area contributed by atoms with E-state index in [1.165, 1.54) is 103 Å². The van der Waals surface area contributed by atoms with Gasteiger partial charge in [0.15, 0.2) is 0 Å². The highest BCUT2D eigenvalue weighted by Gasteiger charge is 2.07. The molecule has 0 unspecified atom stereocenters. The zero-order valence-electron chi connectivity index (χ0n) is 39.3. The van der Waals surface area contributed by atoms with Gasteiger partial charge in [-0.1, -0.05) is 213 Å². The van der Waals surface area contributed by atoms with Crippen molar-refractivity contribution in [1.82, 2.24) is 15.5 Å². The van der Waals surface area contributed by atoms with Gasteiger partial charge in [0.1, 0.15) is 6.73 Å². The van der Waals surface area contributed by atoms with Crippen molar-refractivity contribution in [2.45, 2.75) is 232 Å². The molecule has 0 aromatic carbocycles. The third-order valence-electron chi connectivity index (χ3n) is 5.96. The van der Waals surface area contributed by atoms with Crippen molar-refractivity contribution in [2.24, 2.45) is 0 Å². The van der Waals surface area contributed by atoms with E-state index in [4.69, 9.17) is 9.47 Å². The maximum atomic E-state index is 11.3. The molecule has 0 aliphatic carbocycles. The van der Waals surface area contributed by atoms with Gasteiger partial charge in [-0.2, -0.15) is 0 Å². The predicted molar refractivity (Wildman–Crippen MR) is 236 cm³/mol. The molecule has 7 nitrogen and oxygen atoms in total. The quantitative estimate of drug-likeness (QED) is 0.0693. The van der Waals surface area contributed by atoms with Crippen LogP contribution in [-0.2, 0) is 14.3 Å². The SMILES string of the molecule is CC.CC.CC.CCC.CCCCC.CCCCCC.CCCCCCC.CCCCCCCOC(=O)OCN(C)CCCC(=O)NC.CNC. The Morgan fingerprint density at radius 2 is 0.804 bits per heavy atom. The number of ether oxygens (including phenoxy) is 2. The Hall–Kier alpha value is -1.34. The Morgan fingerprint density at radius 3 is 1.12 bits per heavy atom. The molecule has 2 N–H and O–H groups in total. The molecule has 0 heterocycles. The lowest BCUT2D eigenvalue weighted by Gasteiger charge is -2.16. The number of rotatable bonds is 21. The van der Waals surface area contributed by atoms with Crippen molar-refractivity contribution >= 4 is 12.1 Å². The van der Waals surface area contributed by atoms with Crippen molar-refractivity contribution in [1.29, 1.82) is 0 Å². The van der Waals surface area contributed by atoms with Crippen LogP contribution < -0.4 is 10.6 Å². The van der Waals surface area contributed by atoms with Crippen LogP contribution in [0.1, 0.15) is 232 Å². The van der Waals surface area contributed by atoms with E-state index in [0.29, 0.717) is 19.6 Å². The molecule has 0 aromatic heterocycles. The number of unbranched alkanes of at least 4 members (excludes halogenated alkanes) is 13. The van der Waals surface area contributed by atoms with Crippen LogP contribution in [0.5, 0.6) is 0 Å². The molecule has 51 heavy (non-hydrogen) atoms. The lowest BCUT2D eigenvalue weighted by Crippen LogP contribution is -2.27. The van der Waals surface area contributed by atoms with E-state index in [0.717, 1.165) is 19.3 Å². The van der Waals surface area contributed by atoms with E-state index in [2.05, 4.69) is 72.9 Å². The topological polar surface area (TPSA) is 79.9 Å². The first-order valence-electron chi connectivity index (χ1n) is 21.9. The van der Waals surface area contributed by atoms with Gasteiger partial charge in [-0.25, -0.2) is 4.79 Å². The third kappa shape index (κ3) is 129. The number of hydrogen-bond acceptors (Lipinski definition) is 6. The van der Waals surface area contributed by atoms with Crippen LogP contribution in [0.3, 0.4) is 0 Å². The summed E-state index contributed by atoms with van der Waals surface area (Å²) in [6.07, 6.45) is 24.0. The summed E-state index contributed by atoms with van der Waals surface area (Å²) in [5, 5.41) is 5.32. The van der Waals surface area contributed by atoms with Crippen molar-refractivity contribution in [2.75, 3.05) is 48.1 Å². The molecule has 0 saturated carbocycles. The van der Waals surface area contributed by atoms with Crippen LogP contribution in [0.4, 0.5) is 4.79 Å². The first kappa shape index (κ1) is 71.1. The van der Waals surface area contributed by atoms with Gasteiger partial charge in [-0.05, 0) is 34.0 Å². The molecule has 0 aliphatic heterocycles. The third-order valence-corrected chi connectivity index (χ3v) is 5.96. The second kappa shape index (κ2) is 92.0. The highest BCUT2D eigenvalue weighted by atomic mass is 16.7. The molecule has 0 fully saturated rings. The summed E-state index contributed by atoms with van der Waals surface area (Å²) < 4.78 is 9.96. The van der Waals surface area contributed by atoms with E-state index in [1.54, 1.807) is 7.05 Å². The van der Waals surface area contributed by atoms with E-state index in [1.807, 2.05) is 67.6 Å². The van der Waals surface area contributed by atoms with Crippen molar-refractivity contribution in [3.05, 3.63) is 0 Å². The summed E-state index contributed by atoms with van der Waals surface area (Å²) >= 11 is 0. The van der Waals surface area contributed by atoms with Crippen LogP contribution in [0, 0.1) is 0 Å². The van der Waals surface area contributed by atoms with Crippen molar-refractivity contribution < 1.29 is 19.1 Å².